The van der Waals surface area contributed by atoms with Gasteiger partial charge in [-0.15, -0.1) is 6.42 Å². The maximum atomic E-state index is 10.9. The molecule has 0 saturated carbocycles. The third-order valence-corrected chi connectivity index (χ3v) is 1.49. The van der Waals surface area contributed by atoms with Crippen LogP contribution in [0, 0.1) is 18.3 Å². The van der Waals surface area contributed by atoms with Crippen LogP contribution in [-0.2, 0) is 9.53 Å². The minimum absolute atomic E-state index is 0.170. The summed E-state index contributed by atoms with van der Waals surface area (Å²) >= 11 is 0. The zero-order chi connectivity index (χ0) is 11.1. The van der Waals surface area contributed by atoms with Gasteiger partial charge in [-0.25, -0.2) is 9.59 Å². The minimum Gasteiger partial charge on any atom is -0.480 e. The topological polar surface area (TPSA) is 75.6 Å². The number of terminal acetylenes is 1. The first-order chi connectivity index (χ1) is 6.49. The summed E-state index contributed by atoms with van der Waals surface area (Å²) < 4.78 is 4.47. The van der Waals surface area contributed by atoms with E-state index in [0.717, 1.165) is 0 Å². The smallest absolute Gasteiger partial charge is 0.408 e. The van der Waals surface area contributed by atoms with Gasteiger partial charge in [-0.3, -0.25) is 0 Å². The number of carboxylic acids is 1. The number of carbonyl (C=O) groups excluding carboxylic acids is 1. The first kappa shape index (κ1) is 12.3. The van der Waals surface area contributed by atoms with E-state index in [1.165, 1.54) is 0 Å². The Labute approximate surface area is 82.4 Å². The third kappa shape index (κ3) is 4.36. The highest BCUT2D eigenvalue weighted by Gasteiger charge is 2.23. The van der Waals surface area contributed by atoms with Gasteiger partial charge in [0.2, 0.25) is 0 Å². The molecule has 0 rings (SSSR count). The molecule has 2 N–H and O–H groups in total. The molecule has 0 heterocycles. The molecule has 0 aromatic rings. The van der Waals surface area contributed by atoms with Crippen molar-refractivity contribution in [3.8, 4) is 12.3 Å². The number of hydrogen-bond donors (Lipinski definition) is 2. The summed E-state index contributed by atoms with van der Waals surface area (Å²) in [6.45, 7) is 3.19. The molecule has 5 heteroatoms. The maximum absolute atomic E-state index is 10.9. The molecule has 5 nitrogen and oxygen atoms in total. The molecule has 0 saturated heterocycles. The molecule has 0 radical (unpaired) electrons. The summed E-state index contributed by atoms with van der Waals surface area (Å²) in [5.41, 5.74) is 0. The molecule has 0 unspecified atom stereocenters. The lowest BCUT2D eigenvalue weighted by molar-refractivity contribution is -0.140. The highest BCUT2D eigenvalue weighted by Crippen LogP contribution is 2.01. The Bertz CT molecular complexity index is 254. The summed E-state index contributed by atoms with van der Waals surface area (Å²) in [6.07, 6.45) is 4.04. The van der Waals surface area contributed by atoms with E-state index >= 15 is 0 Å². The van der Waals surface area contributed by atoms with Crippen molar-refractivity contribution in [3.05, 3.63) is 0 Å². The Morgan fingerprint density at radius 1 is 1.57 bits per heavy atom. The quantitative estimate of drug-likeness (QED) is 0.645. The van der Waals surface area contributed by atoms with Gasteiger partial charge in [0.25, 0.3) is 0 Å². The molecule has 0 bridgehead atoms. The van der Waals surface area contributed by atoms with E-state index in [-0.39, 0.29) is 12.5 Å². The molecule has 0 fully saturated rings. The van der Waals surface area contributed by atoms with E-state index in [1.807, 2.05) is 0 Å². The normalized spacial score (nSPS) is 11.6. The van der Waals surface area contributed by atoms with Crippen molar-refractivity contribution in [3.63, 3.8) is 0 Å². The van der Waals surface area contributed by atoms with Crippen LogP contribution in [0.1, 0.15) is 13.8 Å². The van der Waals surface area contributed by atoms with Crippen molar-refractivity contribution in [1.82, 2.24) is 5.32 Å². The third-order valence-electron chi connectivity index (χ3n) is 1.49. The van der Waals surface area contributed by atoms with Crippen LogP contribution in [0.5, 0.6) is 0 Å². The lowest BCUT2D eigenvalue weighted by Gasteiger charge is -2.16. The van der Waals surface area contributed by atoms with Crippen molar-refractivity contribution in [2.75, 3.05) is 6.61 Å². The highest BCUT2D eigenvalue weighted by atomic mass is 16.5. The number of nitrogens with one attached hydrogen (secondary N) is 1. The van der Waals surface area contributed by atoms with E-state index in [0.29, 0.717) is 0 Å². The van der Waals surface area contributed by atoms with Crippen LogP contribution in [0.15, 0.2) is 0 Å². The fraction of sp³-hybridized carbons (Fsp3) is 0.556. The zero-order valence-corrected chi connectivity index (χ0v) is 8.11. The number of alkyl carbamates (subject to hydrolysis) is 1. The number of hydrogen-bond acceptors (Lipinski definition) is 3. The number of ether oxygens (including phenoxy) is 1. The lowest BCUT2D eigenvalue weighted by Crippen LogP contribution is -2.44. The summed E-state index contributed by atoms with van der Waals surface area (Å²) in [5.74, 6) is 0.784. The van der Waals surface area contributed by atoms with Crippen molar-refractivity contribution in [1.29, 1.82) is 0 Å². The van der Waals surface area contributed by atoms with Crippen molar-refractivity contribution in [2.45, 2.75) is 19.9 Å². The van der Waals surface area contributed by atoms with Crippen LogP contribution in [0.3, 0.4) is 0 Å². The largest absolute Gasteiger partial charge is 0.480 e. The number of rotatable bonds is 4. The molecule has 1 amide bonds. The first-order valence-corrected chi connectivity index (χ1v) is 4.08. The Balaban J connectivity index is 4.12. The fourth-order valence-electron chi connectivity index (χ4n) is 0.789. The van der Waals surface area contributed by atoms with Gasteiger partial charge < -0.3 is 15.2 Å². The van der Waals surface area contributed by atoms with Gasteiger partial charge in [-0.2, -0.15) is 0 Å². The van der Waals surface area contributed by atoms with E-state index in [4.69, 9.17) is 11.5 Å². The van der Waals surface area contributed by atoms with Crippen LogP contribution in [0.4, 0.5) is 4.79 Å². The molecule has 1 atom stereocenters. The fourth-order valence-corrected chi connectivity index (χ4v) is 0.789. The molecule has 0 aliphatic heterocycles. The van der Waals surface area contributed by atoms with Gasteiger partial charge in [0, 0.05) is 0 Å². The predicted octanol–water partition coefficient (Wildman–Crippen LogP) is 0.455. The average molecular weight is 199 g/mol. The molecule has 0 spiro atoms. The predicted molar refractivity (Wildman–Crippen MR) is 49.6 cm³/mol. The Kier molecular flexibility index (Phi) is 5.15. The van der Waals surface area contributed by atoms with Crippen molar-refractivity contribution < 1.29 is 19.4 Å². The molecule has 0 aromatic carbocycles. The number of amides is 1. The number of carboxylic acid groups (broad SMARTS) is 1. The Morgan fingerprint density at radius 3 is 2.50 bits per heavy atom. The molecule has 0 aliphatic rings. The van der Waals surface area contributed by atoms with Crippen LogP contribution in [0.2, 0.25) is 0 Å². The second-order valence-electron chi connectivity index (χ2n) is 2.98. The lowest BCUT2D eigenvalue weighted by atomic mass is 10.1. The van der Waals surface area contributed by atoms with E-state index in [2.05, 4.69) is 16.0 Å². The van der Waals surface area contributed by atoms with Crippen LogP contribution in [-0.4, -0.2) is 29.8 Å². The SMILES string of the molecule is C#CCOC(=O)N[C@H](C(=O)O)C(C)C. The summed E-state index contributed by atoms with van der Waals surface area (Å²) in [4.78, 5) is 21.6. The molecule has 0 aliphatic carbocycles. The first-order valence-electron chi connectivity index (χ1n) is 4.08. The summed E-state index contributed by atoms with van der Waals surface area (Å²) in [7, 11) is 0. The molecular weight excluding hydrogens is 186 g/mol. The maximum Gasteiger partial charge on any atom is 0.408 e. The van der Waals surface area contributed by atoms with Crippen LogP contribution >= 0.6 is 0 Å². The molecular formula is C9H13NO4. The van der Waals surface area contributed by atoms with E-state index < -0.39 is 18.1 Å². The van der Waals surface area contributed by atoms with Crippen molar-refractivity contribution in [2.24, 2.45) is 5.92 Å². The molecule has 0 aromatic heterocycles. The summed E-state index contributed by atoms with van der Waals surface area (Å²) in [5, 5.41) is 10.9. The highest BCUT2D eigenvalue weighted by molar-refractivity contribution is 5.80. The van der Waals surface area contributed by atoms with Gasteiger partial charge in [0.15, 0.2) is 6.61 Å². The monoisotopic (exact) mass is 199 g/mol. The molecule has 78 valence electrons. The standard InChI is InChI=1S/C9H13NO4/c1-4-5-14-9(13)10-7(6(2)3)8(11)12/h1,6-7H,5H2,2-3H3,(H,10,13)(H,11,12)/t7-/m0/s1. The Hall–Kier alpha value is -1.70. The summed E-state index contributed by atoms with van der Waals surface area (Å²) in [6, 6.07) is -0.958. The van der Waals surface area contributed by atoms with E-state index in [1.54, 1.807) is 13.8 Å². The second kappa shape index (κ2) is 5.86. The van der Waals surface area contributed by atoms with Gasteiger partial charge >= 0.3 is 12.1 Å². The van der Waals surface area contributed by atoms with Crippen molar-refractivity contribution >= 4 is 12.1 Å². The van der Waals surface area contributed by atoms with Gasteiger partial charge in [-0.1, -0.05) is 19.8 Å². The zero-order valence-electron chi connectivity index (χ0n) is 8.11. The Morgan fingerprint density at radius 2 is 2.14 bits per heavy atom. The number of carbonyl (C=O) groups is 2. The average Bonchev–Trinajstić information content (AvgIpc) is 2.09. The van der Waals surface area contributed by atoms with Gasteiger partial charge in [0.1, 0.15) is 6.04 Å². The van der Waals surface area contributed by atoms with Crippen LogP contribution in [0.25, 0.3) is 0 Å². The minimum atomic E-state index is -1.10. The van der Waals surface area contributed by atoms with Gasteiger partial charge in [-0.05, 0) is 5.92 Å². The van der Waals surface area contributed by atoms with E-state index in [9.17, 15) is 9.59 Å². The van der Waals surface area contributed by atoms with Crippen LogP contribution < -0.4 is 5.32 Å². The number of aliphatic carboxylic acids is 1. The second-order valence-corrected chi connectivity index (χ2v) is 2.98. The molecule has 14 heavy (non-hydrogen) atoms. The van der Waals surface area contributed by atoms with Gasteiger partial charge in [0.05, 0.1) is 0 Å².